The normalized spacial score (nSPS) is 30.3. The average molecular weight is 919 g/mol. The van der Waals surface area contributed by atoms with Gasteiger partial charge in [-0.3, -0.25) is 24.0 Å². The van der Waals surface area contributed by atoms with Gasteiger partial charge in [0.1, 0.15) is 34.6 Å². The molecule has 64 heavy (non-hydrogen) atoms. The number of ether oxygens (including phenoxy) is 4. The van der Waals surface area contributed by atoms with Gasteiger partial charge in [-0.25, -0.2) is 18.2 Å². The van der Waals surface area contributed by atoms with Crippen LogP contribution < -0.4 is 24.8 Å². The number of nitrogens with zero attached hydrogens (tertiary/aromatic N) is 3. The number of carbonyl (C=O) groups is 4. The van der Waals surface area contributed by atoms with Crippen LogP contribution in [0.2, 0.25) is 0 Å². The fraction of sp³-hybridized carbons (Fsp3) is 0.659. The van der Waals surface area contributed by atoms with E-state index in [0.717, 1.165) is 0 Å². The topological polar surface area (TPSA) is 195 Å². The molecule has 4 fully saturated rings. The zero-order chi connectivity index (χ0) is 46.0. The maximum Gasteiger partial charge on any atom is 0.437 e. The highest BCUT2D eigenvalue weighted by Gasteiger charge is 2.64. The summed E-state index contributed by atoms with van der Waals surface area (Å²) in [6.45, 7) is 7.50. The van der Waals surface area contributed by atoms with Crippen LogP contribution in [0, 0.1) is 5.92 Å². The monoisotopic (exact) mass is 918 g/mol. The lowest BCUT2D eigenvalue weighted by atomic mass is 9.82. The third-order valence-corrected chi connectivity index (χ3v) is 15.6. The first-order valence-corrected chi connectivity index (χ1v) is 23.5. The number of benzene rings is 1. The van der Waals surface area contributed by atoms with Crippen LogP contribution in [-0.4, -0.2) is 121 Å². The molecule has 2 saturated carbocycles. The number of allylic oxidation sites excluding steroid dienone is 1. The number of sulfonamides is 1. The molecule has 5 heterocycles. The largest absolute Gasteiger partial charge is 0.497 e. The predicted octanol–water partition coefficient (Wildman–Crippen LogP) is 5.04. The van der Waals surface area contributed by atoms with Crippen molar-refractivity contribution >= 4 is 44.7 Å². The van der Waals surface area contributed by atoms with Gasteiger partial charge >= 0.3 is 12.3 Å². The van der Waals surface area contributed by atoms with Gasteiger partial charge in [-0.2, -0.15) is 13.2 Å². The van der Waals surface area contributed by atoms with E-state index in [1.165, 1.54) is 31.1 Å². The number of morpholine rings is 1. The Morgan fingerprint density at radius 1 is 1.02 bits per heavy atom. The lowest BCUT2D eigenvalue weighted by Crippen LogP contribution is -2.58. The number of fused-ring (bicyclic) bond motifs is 5. The highest BCUT2D eigenvalue weighted by molar-refractivity contribution is 7.91. The molecule has 16 nitrogen and oxygen atoms in total. The molecule has 1 spiro atoms. The Morgan fingerprint density at radius 2 is 1.73 bits per heavy atom. The molecule has 2 aromatic rings. The molecule has 2 saturated heterocycles. The Labute approximate surface area is 370 Å². The van der Waals surface area contributed by atoms with Crippen molar-refractivity contribution in [2.24, 2.45) is 5.92 Å². The van der Waals surface area contributed by atoms with Crippen LogP contribution in [0.25, 0.3) is 10.9 Å². The van der Waals surface area contributed by atoms with Crippen molar-refractivity contribution < 1.29 is 59.7 Å². The van der Waals surface area contributed by atoms with Gasteiger partial charge in [0.2, 0.25) is 21.8 Å². The van der Waals surface area contributed by atoms with E-state index >= 15 is 18.0 Å². The zero-order valence-electron chi connectivity index (χ0n) is 36.8. The van der Waals surface area contributed by atoms with Crippen LogP contribution in [0.1, 0.15) is 109 Å². The minimum atomic E-state index is -4.99. The van der Waals surface area contributed by atoms with Crippen LogP contribution in [0.5, 0.6) is 11.5 Å². The first-order valence-electron chi connectivity index (χ1n) is 22.0. The summed E-state index contributed by atoms with van der Waals surface area (Å²) in [7, 11) is -2.68. The number of aromatic nitrogens is 1. The predicted molar refractivity (Wildman–Crippen MR) is 226 cm³/mol. The summed E-state index contributed by atoms with van der Waals surface area (Å²) >= 11 is 0. The molecule has 6 aliphatic rings. The third kappa shape index (κ3) is 8.97. The molecule has 350 valence electrons. The fourth-order valence-corrected chi connectivity index (χ4v) is 10.9. The number of nitrogens with one attached hydrogen (secondary N) is 3. The van der Waals surface area contributed by atoms with E-state index in [1.54, 1.807) is 32.9 Å². The quantitative estimate of drug-likeness (QED) is 0.327. The SMILES string of the molecule is COc1ccc2nc(C(F)(F)F)c3c(c2c1)[C@@H](N1CCOCC1)C[C@]1(C[C@H]2C(=O)N[C@]4(C(=O)NS(=O)(=O)C5(C)CC5)C[C@@H]4/C=C\CCCCC[C@H](NC(=O)OC(C)(C)C)C(=O)N2C1)O3. The molecule has 4 amide bonds. The van der Waals surface area contributed by atoms with Gasteiger partial charge in [0.05, 0.1) is 37.1 Å². The van der Waals surface area contributed by atoms with Gasteiger partial charge < -0.3 is 34.5 Å². The second-order valence-corrected chi connectivity index (χ2v) is 21.5. The minimum absolute atomic E-state index is 0.0269. The molecule has 4 aliphatic heterocycles. The van der Waals surface area contributed by atoms with Gasteiger partial charge in [0.15, 0.2) is 11.4 Å². The summed E-state index contributed by atoms with van der Waals surface area (Å²) in [4.78, 5) is 64.8. The average Bonchev–Trinajstić information content (AvgIpc) is 4.12. The summed E-state index contributed by atoms with van der Waals surface area (Å²) in [5.41, 5.74) is -5.21. The Bertz CT molecular complexity index is 2350. The molecule has 1 aromatic heterocycles. The van der Waals surface area contributed by atoms with E-state index in [4.69, 9.17) is 18.9 Å². The Balaban J connectivity index is 1.23. The van der Waals surface area contributed by atoms with E-state index in [0.29, 0.717) is 76.0 Å². The number of rotatable bonds is 6. The molecule has 1 aromatic carbocycles. The standard InChI is InChI=1S/C44H57F3N6O10S/c1-40(2,3)63-39(57)49-30-12-10-8-6-7-9-11-26-22-43(26,38(56)51-64(58,59)41(4)15-16-41)50-36(54)32-24-42(25-53(32)37(30)55)23-31(52-17-19-61-20-18-52)33-28-21-27(60-5)13-14-29(28)48-35(34(33)62-42)44(45,46)47/h9,11,13-14,21,26,30-32H,6-8,10,12,15-20,22-25H2,1-5H3,(H,49,57)(H,50,54)(H,51,56)/b11-9-/t26-,30-,31-,32-,42+,43+/m0/s1. The number of pyridine rings is 1. The maximum absolute atomic E-state index is 15.3. The van der Waals surface area contributed by atoms with E-state index in [1.807, 2.05) is 11.0 Å². The Kier molecular flexibility index (Phi) is 11.9. The first-order chi connectivity index (χ1) is 30.1. The van der Waals surface area contributed by atoms with E-state index in [2.05, 4.69) is 20.3 Å². The van der Waals surface area contributed by atoms with Crippen molar-refractivity contribution in [3.63, 3.8) is 0 Å². The summed E-state index contributed by atoms with van der Waals surface area (Å²) in [6, 6.07) is 1.20. The van der Waals surface area contributed by atoms with Crippen molar-refractivity contribution in [3.8, 4) is 11.5 Å². The van der Waals surface area contributed by atoms with Gasteiger partial charge in [-0.05, 0) is 84.4 Å². The van der Waals surface area contributed by atoms with Crippen molar-refractivity contribution in [2.45, 2.75) is 138 Å². The molecule has 0 radical (unpaired) electrons. The highest BCUT2D eigenvalue weighted by atomic mass is 32.2. The van der Waals surface area contributed by atoms with Crippen LogP contribution >= 0.6 is 0 Å². The van der Waals surface area contributed by atoms with E-state index in [-0.39, 0.29) is 43.3 Å². The number of alkyl halides is 3. The molecule has 20 heteroatoms. The maximum atomic E-state index is 15.3. The van der Waals surface area contributed by atoms with Crippen molar-refractivity contribution in [3.05, 3.63) is 41.6 Å². The molecule has 0 unspecified atom stereocenters. The number of amides is 4. The Hall–Kier alpha value is -4.69. The molecule has 3 N–H and O–H groups in total. The molecular formula is C44H57F3N6O10S. The third-order valence-electron chi connectivity index (χ3n) is 13.5. The lowest BCUT2D eigenvalue weighted by molar-refractivity contribution is -0.145. The number of hydrogen-bond acceptors (Lipinski definition) is 12. The number of halogens is 3. The fourth-order valence-electron chi connectivity index (χ4n) is 9.57. The van der Waals surface area contributed by atoms with Gasteiger partial charge in [0.25, 0.3) is 5.91 Å². The van der Waals surface area contributed by atoms with Crippen LogP contribution in [0.15, 0.2) is 30.4 Å². The van der Waals surface area contributed by atoms with E-state index in [9.17, 15) is 22.8 Å². The van der Waals surface area contributed by atoms with Crippen molar-refractivity contribution in [2.75, 3.05) is 40.0 Å². The van der Waals surface area contributed by atoms with Crippen molar-refractivity contribution in [1.82, 2.24) is 30.1 Å². The van der Waals surface area contributed by atoms with Crippen LogP contribution in [-0.2, 0) is 40.1 Å². The second-order valence-electron chi connectivity index (χ2n) is 19.3. The smallest absolute Gasteiger partial charge is 0.437 e. The minimum Gasteiger partial charge on any atom is -0.497 e. The molecule has 2 aliphatic carbocycles. The number of methoxy groups -OCH3 is 1. The highest BCUT2D eigenvalue weighted by Crippen LogP contribution is 2.54. The zero-order valence-corrected chi connectivity index (χ0v) is 37.6. The summed E-state index contributed by atoms with van der Waals surface area (Å²) < 4.78 is 96.9. The van der Waals surface area contributed by atoms with Gasteiger partial charge in [-0.1, -0.05) is 25.0 Å². The number of carbonyl (C=O) groups excluding carboxylic acids is 4. The summed E-state index contributed by atoms with van der Waals surface area (Å²) in [5, 5.41) is 5.92. The Morgan fingerprint density at radius 3 is 2.41 bits per heavy atom. The summed E-state index contributed by atoms with van der Waals surface area (Å²) in [5.74, 6) is -3.16. The molecule has 0 bridgehead atoms. The van der Waals surface area contributed by atoms with Gasteiger partial charge in [0, 0.05) is 48.8 Å². The van der Waals surface area contributed by atoms with Crippen LogP contribution in [0.3, 0.4) is 0 Å². The van der Waals surface area contributed by atoms with E-state index < -0.39 is 97.0 Å². The number of alkyl carbamates (subject to hydrolysis) is 1. The molecule has 8 rings (SSSR count). The molecular weight excluding hydrogens is 862 g/mol. The molecule has 6 atom stereocenters. The second kappa shape index (κ2) is 16.6. The van der Waals surface area contributed by atoms with Crippen LogP contribution in [0.4, 0.5) is 18.0 Å². The van der Waals surface area contributed by atoms with Crippen molar-refractivity contribution in [1.29, 1.82) is 0 Å². The lowest BCUT2D eigenvalue weighted by Gasteiger charge is -2.45. The number of hydrogen-bond donors (Lipinski definition) is 3. The van der Waals surface area contributed by atoms with Gasteiger partial charge in [-0.15, -0.1) is 0 Å². The first kappa shape index (κ1) is 45.9. The summed E-state index contributed by atoms with van der Waals surface area (Å²) in [6.07, 6.45) is 0.902.